The largest absolute Gasteiger partial charge is 0.475 e. The van der Waals surface area contributed by atoms with Crippen LogP contribution in [0.5, 0.6) is 11.5 Å². The first-order valence-corrected chi connectivity index (χ1v) is 7.23. The second kappa shape index (κ2) is 7.13. The summed E-state index contributed by atoms with van der Waals surface area (Å²) in [5, 5.41) is 19.4. The highest BCUT2D eigenvalue weighted by Crippen LogP contribution is 2.36. The highest BCUT2D eigenvalue weighted by molar-refractivity contribution is 5.86. The van der Waals surface area contributed by atoms with Crippen LogP contribution in [0.4, 0.5) is 0 Å². The van der Waals surface area contributed by atoms with Gasteiger partial charge in [-0.1, -0.05) is 44.7 Å². The van der Waals surface area contributed by atoms with Crippen LogP contribution in [0.1, 0.15) is 39.0 Å². The molecule has 2 rings (SSSR count). The molecule has 0 fully saturated rings. The van der Waals surface area contributed by atoms with E-state index in [0.29, 0.717) is 17.9 Å². The first-order valence-electron chi connectivity index (χ1n) is 7.23. The maximum atomic E-state index is 11.3. The third-order valence-corrected chi connectivity index (χ3v) is 3.33. The summed E-state index contributed by atoms with van der Waals surface area (Å²) in [7, 11) is 0. The van der Waals surface area contributed by atoms with Crippen molar-refractivity contribution in [3.05, 3.63) is 35.8 Å². The Labute approximate surface area is 123 Å². The van der Waals surface area contributed by atoms with Crippen LogP contribution in [0.3, 0.4) is 0 Å². The van der Waals surface area contributed by atoms with E-state index in [2.05, 4.69) is 6.92 Å². The normalized spacial score (nSPS) is 15.0. The fraction of sp³-hybridized carbons (Fsp3) is 0.438. The Morgan fingerprint density at radius 3 is 2.43 bits per heavy atom. The average Bonchev–Trinajstić information content (AvgIpc) is 2.50. The van der Waals surface area contributed by atoms with Crippen molar-refractivity contribution in [1.82, 2.24) is 0 Å². The van der Waals surface area contributed by atoms with Crippen molar-refractivity contribution in [3.8, 4) is 11.5 Å². The Hall–Kier alpha value is -2.01. The van der Waals surface area contributed by atoms with Gasteiger partial charge in [0.15, 0.2) is 17.3 Å². The van der Waals surface area contributed by atoms with Crippen molar-refractivity contribution in [1.29, 1.82) is 0 Å². The second-order valence-electron chi connectivity index (χ2n) is 5.01. The van der Waals surface area contributed by atoms with Crippen molar-refractivity contribution in [2.45, 2.75) is 45.1 Å². The molecule has 0 radical (unpaired) electrons. The first-order chi connectivity index (χ1) is 10.1. The molecule has 1 aromatic carbocycles. The molecule has 0 aliphatic carbocycles. The van der Waals surface area contributed by atoms with Gasteiger partial charge < -0.3 is 19.7 Å². The number of aliphatic carboxylic acids is 1. The van der Waals surface area contributed by atoms with E-state index in [1.165, 1.54) is 0 Å². The van der Waals surface area contributed by atoms with Crippen molar-refractivity contribution >= 4 is 5.97 Å². The lowest BCUT2D eigenvalue weighted by Crippen LogP contribution is -2.26. The minimum Gasteiger partial charge on any atom is -0.475 e. The fourth-order valence-electron chi connectivity index (χ4n) is 2.21. The molecule has 0 saturated carbocycles. The van der Waals surface area contributed by atoms with Gasteiger partial charge in [-0.05, 0) is 18.6 Å². The number of fused-ring (bicyclic) bond motifs is 1. The molecular weight excluding hydrogens is 272 g/mol. The van der Waals surface area contributed by atoms with Crippen LogP contribution < -0.4 is 9.47 Å². The molecule has 0 aromatic heterocycles. The Morgan fingerprint density at radius 1 is 1.14 bits per heavy atom. The van der Waals surface area contributed by atoms with Gasteiger partial charge in [-0.25, -0.2) is 4.79 Å². The molecule has 2 N–H and O–H groups in total. The summed E-state index contributed by atoms with van der Waals surface area (Å²) in [6, 6.07) is 6.80. The first kappa shape index (κ1) is 15.4. The molecule has 0 amide bonds. The molecular formula is C16H20O5. The van der Waals surface area contributed by atoms with E-state index in [1.807, 2.05) is 0 Å². The van der Waals surface area contributed by atoms with Gasteiger partial charge in [-0.3, -0.25) is 0 Å². The van der Waals surface area contributed by atoms with E-state index in [4.69, 9.17) is 9.47 Å². The molecule has 0 spiro atoms. The summed E-state index contributed by atoms with van der Waals surface area (Å²) in [6.45, 7) is 2.11. The van der Waals surface area contributed by atoms with Crippen LogP contribution in [0.15, 0.2) is 35.8 Å². The number of para-hydroxylation sites is 2. The van der Waals surface area contributed by atoms with E-state index in [-0.39, 0.29) is 11.5 Å². The van der Waals surface area contributed by atoms with Crippen LogP contribution in [0.2, 0.25) is 0 Å². The average molecular weight is 292 g/mol. The third-order valence-electron chi connectivity index (χ3n) is 3.33. The number of aliphatic hydroxyl groups excluding tert-OH is 1. The van der Waals surface area contributed by atoms with E-state index < -0.39 is 12.1 Å². The number of hydrogen-bond donors (Lipinski definition) is 2. The summed E-state index contributed by atoms with van der Waals surface area (Å²) in [6.07, 6.45) is 3.50. The number of benzene rings is 1. The van der Waals surface area contributed by atoms with E-state index in [1.54, 1.807) is 24.3 Å². The summed E-state index contributed by atoms with van der Waals surface area (Å²) in [5.74, 6) is -0.830. The standard InChI is InChI=1S/C16H20O5/c1-2-3-4-5-8-11(17)14-15(16(18)19)21-13-10-7-6-9-12(13)20-14/h6-7,9-11,17H,2-5,8H2,1H3,(H,18,19). The smallest absolute Gasteiger partial charge is 0.375 e. The van der Waals surface area contributed by atoms with Gasteiger partial charge in [-0.15, -0.1) is 0 Å². The van der Waals surface area contributed by atoms with E-state index in [9.17, 15) is 15.0 Å². The Balaban J connectivity index is 2.12. The Kier molecular flexibility index (Phi) is 5.22. The molecule has 0 bridgehead atoms. The number of ether oxygens (including phenoxy) is 2. The van der Waals surface area contributed by atoms with Crippen molar-refractivity contribution < 1.29 is 24.5 Å². The van der Waals surface area contributed by atoms with Gasteiger partial charge in [-0.2, -0.15) is 0 Å². The van der Waals surface area contributed by atoms with Crippen LogP contribution in [-0.4, -0.2) is 22.3 Å². The van der Waals surface area contributed by atoms with E-state index in [0.717, 1.165) is 25.7 Å². The molecule has 5 nitrogen and oxygen atoms in total. The van der Waals surface area contributed by atoms with Gasteiger partial charge in [0.1, 0.15) is 6.10 Å². The summed E-state index contributed by atoms with van der Waals surface area (Å²) >= 11 is 0. The van der Waals surface area contributed by atoms with Crippen LogP contribution in [0, 0.1) is 0 Å². The van der Waals surface area contributed by atoms with Crippen molar-refractivity contribution in [3.63, 3.8) is 0 Å². The van der Waals surface area contributed by atoms with Crippen molar-refractivity contribution in [2.24, 2.45) is 0 Å². The zero-order valence-electron chi connectivity index (χ0n) is 12.0. The number of carboxylic acids is 1. The topological polar surface area (TPSA) is 76.0 Å². The van der Waals surface area contributed by atoms with Gasteiger partial charge in [0.25, 0.3) is 5.76 Å². The lowest BCUT2D eigenvalue weighted by Gasteiger charge is -2.24. The molecule has 1 unspecified atom stereocenters. The molecule has 1 heterocycles. The monoisotopic (exact) mass is 292 g/mol. The van der Waals surface area contributed by atoms with Crippen LogP contribution >= 0.6 is 0 Å². The van der Waals surface area contributed by atoms with Gasteiger partial charge >= 0.3 is 5.97 Å². The quantitative estimate of drug-likeness (QED) is 0.755. The van der Waals surface area contributed by atoms with Crippen LogP contribution in [-0.2, 0) is 4.79 Å². The highest BCUT2D eigenvalue weighted by atomic mass is 16.6. The minimum absolute atomic E-state index is 0.0160. The predicted molar refractivity (Wildman–Crippen MR) is 77.1 cm³/mol. The SMILES string of the molecule is CCCCCCC(O)C1=C(C(=O)O)Oc2ccccc2O1. The second-order valence-corrected chi connectivity index (χ2v) is 5.01. The molecule has 5 heteroatoms. The van der Waals surface area contributed by atoms with Crippen molar-refractivity contribution in [2.75, 3.05) is 0 Å². The van der Waals surface area contributed by atoms with E-state index >= 15 is 0 Å². The molecule has 1 atom stereocenters. The molecule has 1 aliphatic rings. The summed E-state index contributed by atoms with van der Waals surface area (Å²) < 4.78 is 10.9. The van der Waals surface area contributed by atoms with Crippen LogP contribution in [0.25, 0.3) is 0 Å². The number of hydrogen-bond acceptors (Lipinski definition) is 4. The molecule has 21 heavy (non-hydrogen) atoms. The number of aliphatic hydroxyl groups is 1. The number of unbranched alkanes of at least 4 members (excludes halogenated alkanes) is 3. The molecule has 1 aliphatic heterocycles. The maximum Gasteiger partial charge on any atom is 0.375 e. The lowest BCUT2D eigenvalue weighted by molar-refractivity contribution is -0.135. The Bertz CT molecular complexity index is 535. The molecule has 0 saturated heterocycles. The zero-order valence-corrected chi connectivity index (χ0v) is 12.0. The summed E-state index contributed by atoms with van der Waals surface area (Å²) in [4.78, 5) is 11.3. The highest BCUT2D eigenvalue weighted by Gasteiger charge is 2.30. The number of rotatable bonds is 7. The minimum atomic E-state index is -1.24. The zero-order chi connectivity index (χ0) is 15.2. The molecule has 1 aromatic rings. The lowest BCUT2D eigenvalue weighted by atomic mass is 10.1. The Morgan fingerprint density at radius 2 is 1.81 bits per heavy atom. The third kappa shape index (κ3) is 3.76. The van der Waals surface area contributed by atoms with Gasteiger partial charge in [0.2, 0.25) is 0 Å². The summed E-state index contributed by atoms with van der Waals surface area (Å²) in [5.41, 5.74) is 0. The van der Waals surface area contributed by atoms with Gasteiger partial charge in [0, 0.05) is 0 Å². The number of carbonyl (C=O) groups is 1. The maximum absolute atomic E-state index is 11.3. The van der Waals surface area contributed by atoms with Gasteiger partial charge in [0.05, 0.1) is 0 Å². The molecule has 114 valence electrons. The number of carboxylic acid groups (broad SMARTS) is 1. The predicted octanol–water partition coefficient (Wildman–Crippen LogP) is 3.09. The fourth-order valence-corrected chi connectivity index (χ4v) is 2.21.